The Morgan fingerprint density at radius 1 is 1.12 bits per heavy atom. The molecule has 1 heterocycles. The summed E-state index contributed by atoms with van der Waals surface area (Å²) in [5.41, 5.74) is 1.60. The van der Waals surface area contributed by atoms with Crippen LogP contribution >= 0.6 is 11.8 Å². The minimum atomic E-state index is -0.436. The molecule has 0 radical (unpaired) electrons. The second-order valence-electron chi connectivity index (χ2n) is 5.67. The van der Waals surface area contributed by atoms with Gasteiger partial charge in [-0.3, -0.25) is 14.5 Å². The first kappa shape index (κ1) is 17.4. The Hall–Kier alpha value is -2.47. The van der Waals surface area contributed by atoms with E-state index in [1.54, 1.807) is 35.2 Å². The lowest BCUT2D eigenvalue weighted by atomic mass is 10.1. The van der Waals surface area contributed by atoms with Crippen molar-refractivity contribution in [2.24, 2.45) is 4.99 Å². The van der Waals surface area contributed by atoms with E-state index in [4.69, 9.17) is 0 Å². The number of Topliss-reactive ketones (excluding diaryl/α,β-unsaturated/α-hetero) is 1. The van der Waals surface area contributed by atoms with Crippen LogP contribution < -0.4 is 0 Å². The number of carbonyl (C=O) groups is 2. The van der Waals surface area contributed by atoms with Crippen molar-refractivity contribution in [3.63, 3.8) is 0 Å². The van der Waals surface area contributed by atoms with E-state index in [1.807, 2.05) is 0 Å². The Morgan fingerprint density at radius 3 is 2.56 bits per heavy atom. The molecule has 1 aliphatic heterocycles. The number of hydrogen-bond acceptors (Lipinski definition) is 4. The van der Waals surface area contributed by atoms with E-state index >= 15 is 0 Å². The summed E-state index contributed by atoms with van der Waals surface area (Å²) in [5.74, 6) is 0.172. The predicted octanol–water partition coefficient (Wildman–Crippen LogP) is 4.30. The number of halogens is 1. The van der Waals surface area contributed by atoms with Crippen LogP contribution in [0, 0.1) is 5.82 Å². The van der Waals surface area contributed by atoms with E-state index in [-0.39, 0.29) is 11.7 Å². The van der Waals surface area contributed by atoms with Crippen LogP contribution in [0.2, 0.25) is 0 Å². The van der Waals surface area contributed by atoms with Gasteiger partial charge in [0.05, 0.1) is 5.69 Å². The molecule has 1 saturated heterocycles. The molecule has 0 aliphatic carbocycles. The highest BCUT2D eigenvalue weighted by atomic mass is 32.2. The van der Waals surface area contributed by atoms with Gasteiger partial charge in [-0.25, -0.2) is 9.38 Å². The average Bonchev–Trinajstić information content (AvgIpc) is 2.62. The fourth-order valence-corrected chi connectivity index (χ4v) is 3.46. The fourth-order valence-electron chi connectivity index (χ4n) is 2.50. The maximum atomic E-state index is 13.4. The molecule has 2 aromatic rings. The molecule has 0 bridgehead atoms. The molecule has 1 aliphatic rings. The maximum absolute atomic E-state index is 13.4. The van der Waals surface area contributed by atoms with Crippen LogP contribution in [0.25, 0.3) is 0 Å². The van der Waals surface area contributed by atoms with Crippen molar-refractivity contribution in [3.8, 4) is 0 Å². The highest BCUT2D eigenvalue weighted by Gasteiger charge is 2.25. The summed E-state index contributed by atoms with van der Waals surface area (Å²) >= 11 is 1.50. The summed E-state index contributed by atoms with van der Waals surface area (Å²) in [7, 11) is 0. The molecule has 1 fully saturated rings. The van der Waals surface area contributed by atoms with Gasteiger partial charge in [0.25, 0.3) is 5.91 Å². The van der Waals surface area contributed by atoms with Gasteiger partial charge in [-0.2, -0.15) is 0 Å². The van der Waals surface area contributed by atoms with E-state index in [2.05, 4.69) is 4.99 Å². The van der Waals surface area contributed by atoms with Gasteiger partial charge in [-0.05, 0) is 55.8 Å². The third kappa shape index (κ3) is 4.14. The monoisotopic (exact) mass is 356 g/mol. The van der Waals surface area contributed by atoms with Crippen LogP contribution in [0.1, 0.15) is 34.1 Å². The summed E-state index contributed by atoms with van der Waals surface area (Å²) in [5, 5.41) is 0.594. The number of carbonyl (C=O) groups excluding carboxylic acids is 2. The van der Waals surface area contributed by atoms with Gasteiger partial charge in [0.1, 0.15) is 5.82 Å². The van der Waals surface area contributed by atoms with E-state index in [1.165, 1.54) is 36.9 Å². The SMILES string of the molecule is CC(=O)c1ccc(N=C2SCCCN2C(=O)c2cccc(F)c2)cc1. The van der Waals surface area contributed by atoms with Gasteiger partial charge >= 0.3 is 0 Å². The number of aliphatic imine (C=N–C) groups is 1. The zero-order valence-corrected chi connectivity index (χ0v) is 14.6. The minimum absolute atomic E-state index is 0.00541. The molecule has 0 spiro atoms. The molecule has 0 N–H and O–H groups in total. The number of amidine groups is 1. The number of benzene rings is 2. The zero-order valence-electron chi connectivity index (χ0n) is 13.7. The molecule has 6 heteroatoms. The fraction of sp³-hybridized carbons (Fsp3) is 0.211. The highest BCUT2D eigenvalue weighted by Crippen LogP contribution is 2.24. The minimum Gasteiger partial charge on any atom is -0.295 e. The molecule has 0 unspecified atom stereocenters. The first-order chi connectivity index (χ1) is 12.0. The average molecular weight is 356 g/mol. The quantitative estimate of drug-likeness (QED) is 0.771. The third-order valence-electron chi connectivity index (χ3n) is 3.80. The normalized spacial score (nSPS) is 16.1. The summed E-state index contributed by atoms with van der Waals surface area (Å²) in [6.45, 7) is 2.06. The van der Waals surface area contributed by atoms with Crippen molar-refractivity contribution in [1.29, 1.82) is 0 Å². The first-order valence-corrected chi connectivity index (χ1v) is 8.93. The predicted molar refractivity (Wildman–Crippen MR) is 98.1 cm³/mol. The lowest BCUT2D eigenvalue weighted by Crippen LogP contribution is -2.39. The second kappa shape index (κ2) is 7.61. The summed E-state index contributed by atoms with van der Waals surface area (Å²) in [6.07, 6.45) is 0.855. The highest BCUT2D eigenvalue weighted by molar-refractivity contribution is 8.13. The Labute approximate surface area is 149 Å². The van der Waals surface area contributed by atoms with E-state index in [0.717, 1.165) is 12.2 Å². The molecule has 4 nitrogen and oxygen atoms in total. The Balaban J connectivity index is 1.87. The summed E-state index contributed by atoms with van der Waals surface area (Å²) in [4.78, 5) is 30.2. The van der Waals surface area contributed by atoms with Gasteiger partial charge in [0, 0.05) is 23.4 Å². The van der Waals surface area contributed by atoms with Crippen molar-refractivity contribution in [2.45, 2.75) is 13.3 Å². The molecule has 25 heavy (non-hydrogen) atoms. The van der Waals surface area contributed by atoms with E-state index in [0.29, 0.717) is 28.5 Å². The standard InChI is InChI=1S/C19H17FN2O2S/c1-13(23)14-6-8-17(9-7-14)21-19-22(10-3-11-25-19)18(24)15-4-2-5-16(20)12-15/h2,4-9,12H,3,10-11H2,1H3. The van der Waals surface area contributed by atoms with E-state index in [9.17, 15) is 14.0 Å². The van der Waals surface area contributed by atoms with Crippen LogP contribution in [-0.4, -0.2) is 34.1 Å². The molecule has 0 atom stereocenters. The van der Waals surface area contributed by atoms with Crippen LogP contribution in [0.3, 0.4) is 0 Å². The van der Waals surface area contributed by atoms with Crippen LogP contribution in [0.5, 0.6) is 0 Å². The Bertz CT molecular complexity index is 834. The third-order valence-corrected chi connectivity index (χ3v) is 4.87. The van der Waals surface area contributed by atoms with Crippen LogP contribution in [0.15, 0.2) is 53.5 Å². The number of thioether (sulfide) groups is 1. The smallest absolute Gasteiger partial charge is 0.259 e. The van der Waals surface area contributed by atoms with Crippen LogP contribution in [0.4, 0.5) is 10.1 Å². The second-order valence-corrected chi connectivity index (χ2v) is 6.73. The van der Waals surface area contributed by atoms with Crippen molar-refractivity contribution >= 4 is 34.3 Å². The number of hydrogen-bond donors (Lipinski definition) is 0. The Morgan fingerprint density at radius 2 is 1.88 bits per heavy atom. The topological polar surface area (TPSA) is 49.7 Å². The van der Waals surface area contributed by atoms with Gasteiger partial charge in [-0.15, -0.1) is 0 Å². The summed E-state index contributed by atoms with van der Waals surface area (Å²) < 4.78 is 13.4. The lowest BCUT2D eigenvalue weighted by molar-refractivity contribution is 0.0848. The molecular weight excluding hydrogens is 339 g/mol. The van der Waals surface area contributed by atoms with Gasteiger partial charge in [0.15, 0.2) is 11.0 Å². The molecular formula is C19H17FN2O2S. The number of rotatable bonds is 3. The van der Waals surface area contributed by atoms with Crippen LogP contribution in [-0.2, 0) is 0 Å². The molecule has 0 aromatic heterocycles. The molecule has 0 saturated carbocycles. The molecule has 128 valence electrons. The lowest BCUT2D eigenvalue weighted by Gasteiger charge is -2.27. The van der Waals surface area contributed by atoms with Crippen molar-refractivity contribution in [2.75, 3.05) is 12.3 Å². The van der Waals surface area contributed by atoms with Gasteiger partial charge < -0.3 is 0 Å². The Kier molecular flexibility index (Phi) is 5.28. The van der Waals surface area contributed by atoms with Crippen molar-refractivity contribution in [1.82, 2.24) is 4.90 Å². The van der Waals surface area contributed by atoms with Gasteiger partial charge in [0.2, 0.25) is 0 Å². The van der Waals surface area contributed by atoms with E-state index < -0.39 is 5.82 Å². The molecule has 1 amide bonds. The summed E-state index contributed by atoms with van der Waals surface area (Å²) in [6, 6.07) is 12.6. The largest absolute Gasteiger partial charge is 0.295 e. The maximum Gasteiger partial charge on any atom is 0.259 e. The zero-order chi connectivity index (χ0) is 17.8. The number of nitrogens with zero attached hydrogens (tertiary/aromatic N) is 2. The first-order valence-electron chi connectivity index (χ1n) is 7.94. The number of ketones is 1. The van der Waals surface area contributed by atoms with Gasteiger partial charge in [-0.1, -0.05) is 17.8 Å². The number of amides is 1. The molecule has 3 rings (SSSR count). The molecule has 2 aromatic carbocycles. The van der Waals surface area contributed by atoms with Crippen molar-refractivity contribution in [3.05, 3.63) is 65.5 Å². The van der Waals surface area contributed by atoms with Crippen molar-refractivity contribution < 1.29 is 14.0 Å².